The largest absolute Gasteiger partial charge is 0.497 e. The quantitative estimate of drug-likeness (QED) is 0.679. The summed E-state index contributed by atoms with van der Waals surface area (Å²) in [6.07, 6.45) is 0.317. The molecule has 1 aliphatic heterocycles. The third kappa shape index (κ3) is 3.36. The van der Waals surface area contributed by atoms with Crippen molar-refractivity contribution in [2.45, 2.75) is 18.9 Å². The predicted octanol–water partition coefficient (Wildman–Crippen LogP) is 3.93. The molecule has 0 spiro atoms. The summed E-state index contributed by atoms with van der Waals surface area (Å²) < 4.78 is 10.6. The van der Waals surface area contributed by atoms with E-state index in [0.717, 1.165) is 22.6 Å². The van der Waals surface area contributed by atoms with E-state index in [-0.39, 0.29) is 0 Å². The van der Waals surface area contributed by atoms with Crippen molar-refractivity contribution >= 4 is 28.3 Å². The maximum absolute atomic E-state index is 12.8. The van der Waals surface area contributed by atoms with Crippen LogP contribution >= 0.6 is 11.3 Å². The maximum atomic E-state index is 12.8. The van der Waals surface area contributed by atoms with Crippen LogP contribution in [-0.2, 0) is 16.0 Å². The van der Waals surface area contributed by atoms with E-state index in [4.69, 9.17) is 9.47 Å². The van der Waals surface area contributed by atoms with E-state index in [2.05, 4.69) is 10.3 Å². The zero-order valence-corrected chi connectivity index (χ0v) is 16.2. The van der Waals surface area contributed by atoms with Gasteiger partial charge in [-0.1, -0.05) is 18.2 Å². The number of benzene rings is 2. The molecule has 1 unspecified atom stereocenters. The molecule has 0 saturated heterocycles. The summed E-state index contributed by atoms with van der Waals surface area (Å²) in [5, 5.41) is 5.10. The number of hydrogen-bond acceptors (Lipinski definition) is 6. The van der Waals surface area contributed by atoms with Crippen molar-refractivity contribution in [2.24, 2.45) is 0 Å². The molecule has 0 saturated carbocycles. The summed E-state index contributed by atoms with van der Waals surface area (Å²) >= 11 is 1.32. The summed E-state index contributed by atoms with van der Waals surface area (Å²) in [4.78, 5) is 29.6. The second-order valence-corrected chi connectivity index (χ2v) is 7.53. The minimum atomic E-state index is -1.28. The van der Waals surface area contributed by atoms with E-state index in [1.54, 1.807) is 26.2 Å². The molecule has 142 valence electrons. The van der Waals surface area contributed by atoms with Crippen LogP contribution < -0.4 is 10.1 Å². The molecule has 1 aromatic heterocycles. The second kappa shape index (κ2) is 7.09. The molecule has 1 amide bonds. The average Bonchev–Trinajstić information content (AvgIpc) is 3.16. The Balaban J connectivity index is 1.51. The van der Waals surface area contributed by atoms with Gasteiger partial charge in [0.15, 0.2) is 10.7 Å². The monoisotopic (exact) mass is 394 g/mol. The van der Waals surface area contributed by atoms with Gasteiger partial charge in [-0.05, 0) is 42.8 Å². The molecule has 0 radical (unpaired) electrons. The Morgan fingerprint density at radius 1 is 1.21 bits per heavy atom. The lowest BCUT2D eigenvalue weighted by molar-refractivity contribution is -0.134. The number of amides is 1. The molecular weight excluding hydrogens is 376 g/mol. The molecule has 3 aromatic rings. The minimum absolute atomic E-state index is 0.317. The van der Waals surface area contributed by atoms with Gasteiger partial charge in [-0.2, -0.15) is 0 Å². The summed E-state index contributed by atoms with van der Waals surface area (Å²) in [5.41, 5.74) is 1.69. The number of rotatable bonds is 4. The molecule has 0 aliphatic carbocycles. The third-order valence-corrected chi connectivity index (χ3v) is 5.43. The zero-order chi connectivity index (χ0) is 19.7. The van der Waals surface area contributed by atoms with Crippen molar-refractivity contribution in [3.05, 3.63) is 65.0 Å². The van der Waals surface area contributed by atoms with Gasteiger partial charge in [-0.25, -0.2) is 9.78 Å². The molecule has 0 bridgehead atoms. The highest BCUT2D eigenvalue weighted by molar-refractivity contribution is 7.14. The Morgan fingerprint density at radius 3 is 2.71 bits per heavy atom. The smallest absolute Gasteiger partial charge is 0.339 e. The van der Waals surface area contributed by atoms with Gasteiger partial charge < -0.3 is 9.47 Å². The molecule has 1 aliphatic rings. The van der Waals surface area contributed by atoms with Crippen molar-refractivity contribution in [3.63, 3.8) is 0 Å². The molecule has 2 aromatic carbocycles. The zero-order valence-electron chi connectivity index (χ0n) is 15.4. The van der Waals surface area contributed by atoms with Gasteiger partial charge >= 0.3 is 5.97 Å². The standard InChI is InChI=1S/C21H18N2O4S/c1-21(11-14-5-3-4-6-16(14)18(24)27-21)19(25)23-20-22-17(12-28-20)13-7-9-15(26-2)10-8-13/h3-10,12H,11H2,1-2H3,(H,22,23,25). The number of fused-ring (bicyclic) bond motifs is 1. The maximum Gasteiger partial charge on any atom is 0.339 e. The molecule has 2 heterocycles. The van der Waals surface area contributed by atoms with E-state index < -0.39 is 17.5 Å². The second-order valence-electron chi connectivity index (χ2n) is 6.67. The molecule has 1 atom stereocenters. The number of methoxy groups -OCH3 is 1. The number of nitrogens with zero attached hydrogens (tertiary/aromatic N) is 1. The summed E-state index contributed by atoms with van der Waals surface area (Å²) in [6.45, 7) is 1.62. The van der Waals surface area contributed by atoms with Gasteiger partial charge in [0, 0.05) is 17.4 Å². The van der Waals surface area contributed by atoms with E-state index in [9.17, 15) is 9.59 Å². The first kappa shape index (κ1) is 18.2. The fourth-order valence-electron chi connectivity index (χ4n) is 3.11. The van der Waals surface area contributed by atoms with Gasteiger partial charge in [0.25, 0.3) is 5.91 Å². The van der Waals surface area contributed by atoms with Crippen LogP contribution in [0, 0.1) is 0 Å². The first-order valence-corrected chi connectivity index (χ1v) is 9.59. The number of carbonyl (C=O) groups excluding carboxylic acids is 2. The van der Waals surface area contributed by atoms with E-state index in [0.29, 0.717) is 17.1 Å². The predicted molar refractivity (Wildman–Crippen MR) is 107 cm³/mol. The van der Waals surface area contributed by atoms with Crippen LogP contribution in [0.15, 0.2) is 53.9 Å². The molecular formula is C21H18N2O4S. The lowest BCUT2D eigenvalue weighted by atomic mass is 9.89. The van der Waals surface area contributed by atoms with Gasteiger partial charge in [-0.3, -0.25) is 10.1 Å². The number of hydrogen-bond donors (Lipinski definition) is 1. The number of nitrogens with one attached hydrogen (secondary N) is 1. The fraction of sp³-hybridized carbons (Fsp3) is 0.190. The van der Waals surface area contributed by atoms with Crippen LogP contribution in [0.3, 0.4) is 0 Å². The highest BCUT2D eigenvalue weighted by atomic mass is 32.1. The molecule has 6 nitrogen and oxygen atoms in total. The van der Waals surface area contributed by atoms with Crippen molar-refractivity contribution in [1.82, 2.24) is 4.98 Å². The van der Waals surface area contributed by atoms with E-state index in [1.165, 1.54) is 11.3 Å². The molecule has 0 fully saturated rings. The number of carbonyl (C=O) groups is 2. The first-order chi connectivity index (χ1) is 13.5. The average molecular weight is 394 g/mol. The van der Waals surface area contributed by atoms with Crippen molar-refractivity contribution in [2.75, 3.05) is 12.4 Å². The van der Waals surface area contributed by atoms with Gasteiger partial charge in [0.1, 0.15) is 5.75 Å². The minimum Gasteiger partial charge on any atom is -0.497 e. The number of anilines is 1. The van der Waals surface area contributed by atoms with Crippen molar-refractivity contribution < 1.29 is 19.1 Å². The SMILES string of the molecule is COc1ccc(-c2csc(NC(=O)C3(C)Cc4ccccc4C(=O)O3)n2)cc1. The van der Waals surface area contributed by atoms with Crippen LogP contribution in [-0.4, -0.2) is 29.6 Å². The lowest BCUT2D eigenvalue weighted by Gasteiger charge is -2.32. The number of aromatic nitrogens is 1. The normalized spacial score (nSPS) is 18.1. The Bertz CT molecular complexity index is 1040. The van der Waals surface area contributed by atoms with Crippen LogP contribution in [0.25, 0.3) is 11.3 Å². The van der Waals surface area contributed by atoms with E-state index >= 15 is 0 Å². The Hall–Kier alpha value is -3.19. The number of esters is 1. The van der Waals surface area contributed by atoms with Crippen LogP contribution in [0.4, 0.5) is 5.13 Å². The lowest BCUT2D eigenvalue weighted by Crippen LogP contribution is -2.48. The highest BCUT2D eigenvalue weighted by Crippen LogP contribution is 2.31. The summed E-state index contributed by atoms with van der Waals surface area (Å²) in [6, 6.07) is 14.7. The molecule has 7 heteroatoms. The molecule has 4 rings (SSSR count). The Kier molecular flexibility index (Phi) is 4.60. The van der Waals surface area contributed by atoms with Crippen LogP contribution in [0.5, 0.6) is 5.75 Å². The number of ether oxygens (including phenoxy) is 2. The van der Waals surface area contributed by atoms with Gasteiger partial charge in [0.2, 0.25) is 0 Å². The first-order valence-electron chi connectivity index (χ1n) is 8.71. The highest BCUT2D eigenvalue weighted by Gasteiger charge is 2.42. The Labute approximate surface area is 166 Å². The molecule has 28 heavy (non-hydrogen) atoms. The summed E-state index contributed by atoms with van der Waals surface area (Å²) in [5.74, 6) is -0.122. The van der Waals surface area contributed by atoms with Gasteiger partial charge in [0.05, 0.1) is 18.4 Å². The fourth-order valence-corrected chi connectivity index (χ4v) is 3.83. The number of thiazole rings is 1. The van der Waals surface area contributed by atoms with Crippen molar-refractivity contribution in [3.8, 4) is 17.0 Å². The van der Waals surface area contributed by atoms with Crippen molar-refractivity contribution in [1.29, 1.82) is 0 Å². The van der Waals surface area contributed by atoms with E-state index in [1.807, 2.05) is 41.8 Å². The van der Waals surface area contributed by atoms with Crippen LogP contribution in [0.2, 0.25) is 0 Å². The van der Waals surface area contributed by atoms with Crippen LogP contribution in [0.1, 0.15) is 22.8 Å². The van der Waals surface area contributed by atoms with Gasteiger partial charge in [-0.15, -0.1) is 11.3 Å². The topological polar surface area (TPSA) is 77.5 Å². The third-order valence-electron chi connectivity index (χ3n) is 4.67. The molecule has 1 N–H and O–H groups in total. The summed E-state index contributed by atoms with van der Waals surface area (Å²) in [7, 11) is 1.61. The Morgan fingerprint density at radius 2 is 1.96 bits per heavy atom. The number of cyclic esters (lactones) is 1.